The van der Waals surface area contributed by atoms with Gasteiger partial charge >= 0.3 is 0 Å². The topological polar surface area (TPSA) is 66.5 Å². The standard InChI is InChI=1S/C16H16F2N2O3S/c1-20(2)24(22,23)13-6-3-11(4-7-13)10-19-16(21)14-8-5-12(17)9-15(14)18/h3-9H,10H2,1-2H3,(H,19,21). The lowest BCUT2D eigenvalue weighted by Crippen LogP contribution is -2.24. The molecule has 24 heavy (non-hydrogen) atoms. The molecular formula is C16H16F2N2O3S. The Kier molecular flexibility index (Phi) is 5.30. The van der Waals surface area contributed by atoms with E-state index in [9.17, 15) is 22.0 Å². The van der Waals surface area contributed by atoms with Gasteiger partial charge in [-0.15, -0.1) is 0 Å². The van der Waals surface area contributed by atoms with Crippen LogP contribution in [-0.2, 0) is 16.6 Å². The van der Waals surface area contributed by atoms with Crippen molar-refractivity contribution in [1.29, 1.82) is 0 Å². The molecule has 0 atom stereocenters. The van der Waals surface area contributed by atoms with Crippen LogP contribution in [-0.4, -0.2) is 32.7 Å². The van der Waals surface area contributed by atoms with Gasteiger partial charge in [-0.25, -0.2) is 21.5 Å². The maximum atomic E-state index is 13.5. The summed E-state index contributed by atoms with van der Waals surface area (Å²) in [6.07, 6.45) is 0. The maximum Gasteiger partial charge on any atom is 0.254 e. The number of sulfonamides is 1. The molecule has 0 aliphatic rings. The van der Waals surface area contributed by atoms with E-state index < -0.39 is 27.6 Å². The molecule has 1 N–H and O–H groups in total. The SMILES string of the molecule is CN(C)S(=O)(=O)c1ccc(CNC(=O)c2ccc(F)cc2F)cc1. The molecule has 1 amide bonds. The third-order valence-corrected chi connectivity index (χ3v) is 5.16. The van der Waals surface area contributed by atoms with Crippen molar-refractivity contribution in [3.8, 4) is 0 Å². The van der Waals surface area contributed by atoms with E-state index in [0.29, 0.717) is 11.6 Å². The third kappa shape index (κ3) is 3.95. The molecule has 0 heterocycles. The van der Waals surface area contributed by atoms with Gasteiger partial charge in [-0.2, -0.15) is 0 Å². The summed E-state index contributed by atoms with van der Waals surface area (Å²) in [5, 5.41) is 2.50. The van der Waals surface area contributed by atoms with Gasteiger partial charge in [0.05, 0.1) is 10.5 Å². The summed E-state index contributed by atoms with van der Waals surface area (Å²) in [6.45, 7) is 0.0813. The monoisotopic (exact) mass is 354 g/mol. The van der Waals surface area contributed by atoms with Crippen molar-refractivity contribution in [3.05, 3.63) is 65.2 Å². The zero-order chi connectivity index (χ0) is 17.9. The van der Waals surface area contributed by atoms with Crippen LogP contribution in [0.1, 0.15) is 15.9 Å². The second-order valence-electron chi connectivity index (χ2n) is 5.24. The Morgan fingerprint density at radius 2 is 1.71 bits per heavy atom. The summed E-state index contributed by atoms with van der Waals surface area (Å²) >= 11 is 0. The molecule has 2 rings (SSSR count). The van der Waals surface area contributed by atoms with Crippen molar-refractivity contribution >= 4 is 15.9 Å². The third-order valence-electron chi connectivity index (χ3n) is 3.33. The van der Waals surface area contributed by atoms with Crippen LogP contribution in [0.5, 0.6) is 0 Å². The van der Waals surface area contributed by atoms with Gasteiger partial charge in [0.15, 0.2) is 0 Å². The molecule has 0 radical (unpaired) electrons. The van der Waals surface area contributed by atoms with Crippen LogP contribution in [0.25, 0.3) is 0 Å². The second kappa shape index (κ2) is 7.06. The largest absolute Gasteiger partial charge is 0.348 e. The second-order valence-corrected chi connectivity index (χ2v) is 7.39. The first-order chi connectivity index (χ1) is 11.2. The fraction of sp³-hybridized carbons (Fsp3) is 0.188. The van der Waals surface area contributed by atoms with Crippen LogP contribution in [0.3, 0.4) is 0 Å². The molecule has 8 heteroatoms. The highest BCUT2D eigenvalue weighted by atomic mass is 32.2. The van der Waals surface area contributed by atoms with Gasteiger partial charge in [-0.05, 0) is 29.8 Å². The molecule has 2 aromatic carbocycles. The summed E-state index contributed by atoms with van der Waals surface area (Å²) in [4.78, 5) is 12.0. The summed E-state index contributed by atoms with van der Waals surface area (Å²) in [5.74, 6) is -2.39. The molecule has 0 saturated carbocycles. The average molecular weight is 354 g/mol. The Labute approximate surface area is 139 Å². The van der Waals surface area contributed by atoms with E-state index in [-0.39, 0.29) is 17.0 Å². The normalized spacial score (nSPS) is 11.5. The number of carbonyl (C=O) groups excluding carboxylic acids is 1. The van der Waals surface area contributed by atoms with E-state index in [1.54, 1.807) is 12.1 Å². The van der Waals surface area contributed by atoms with E-state index in [1.807, 2.05) is 0 Å². The fourth-order valence-electron chi connectivity index (χ4n) is 1.94. The van der Waals surface area contributed by atoms with Gasteiger partial charge in [-0.3, -0.25) is 4.79 Å². The van der Waals surface area contributed by atoms with Crippen LogP contribution in [0.4, 0.5) is 8.78 Å². The zero-order valence-corrected chi connectivity index (χ0v) is 13.9. The van der Waals surface area contributed by atoms with Crippen LogP contribution in [0.2, 0.25) is 0 Å². The Morgan fingerprint density at radius 3 is 2.25 bits per heavy atom. The van der Waals surface area contributed by atoms with Gasteiger partial charge in [0, 0.05) is 26.7 Å². The van der Waals surface area contributed by atoms with Gasteiger partial charge in [0.25, 0.3) is 5.91 Å². The van der Waals surface area contributed by atoms with Crippen molar-refractivity contribution in [2.24, 2.45) is 0 Å². The molecule has 0 aromatic heterocycles. The molecular weight excluding hydrogens is 338 g/mol. The predicted octanol–water partition coefficient (Wildman–Crippen LogP) is 2.15. The molecule has 0 bridgehead atoms. The smallest absolute Gasteiger partial charge is 0.254 e. The first-order valence-corrected chi connectivity index (χ1v) is 8.40. The summed E-state index contributed by atoms with van der Waals surface area (Å²) < 4.78 is 51.3. The minimum absolute atomic E-state index is 0.0813. The number of amides is 1. The zero-order valence-electron chi connectivity index (χ0n) is 13.1. The summed E-state index contributed by atoms with van der Waals surface area (Å²) in [5.41, 5.74) is 0.381. The summed E-state index contributed by atoms with van der Waals surface area (Å²) in [7, 11) is -0.654. The highest BCUT2D eigenvalue weighted by Crippen LogP contribution is 2.14. The van der Waals surface area contributed by atoms with Crippen molar-refractivity contribution in [2.75, 3.05) is 14.1 Å². The maximum absolute atomic E-state index is 13.5. The number of nitrogens with zero attached hydrogens (tertiary/aromatic N) is 1. The van der Waals surface area contributed by atoms with E-state index in [0.717, 1.165) is 16.4 Å². The fourth-order valence-corrected chi connectivity index (χ4v) is 2.84. The van der Waals surface area contributed by atoms with Crippen LogP contribution in [0, 0.1) is 11.6 Å². The van der Waals surface area contributed by atoms with E-state index in [4.69, 9.17) is 0 Å². The predicted molar refractivity (Wildman–Crippen MR) is 84.8 cm³/mol. The number of benzene rings is 2. The number of nitrogens with one attached hydrogen (secondary N) is 1. The van der Waals surface area contributed by atoms with Crippen LogP contribution < -0.4 is 5.32 Å². The van der Waals surface area contributed by atoms with Crippen molar-refractivity contribution in [2.45, 2.75) is 11.4 Å². The van der Waals surface area contributed by atoms with Gasteiger partial charge in [0.2, 0.25) is 10.0 Å². The number of halogens is 2. The molecule has 0 aliphatic carbocycles. The minimum atomic E-state index is -3.52. The molecule has 0 fully saturated rings. The van der Waals surface area contributed by atoms with Gasteiger partial charge in [-0.1, -0.05) is 12.1 Å². The Hall–Kier alpha value is -2.32. The molecule has 0 aliphatic heterocycles. The number of carbonyl (C=O) groups is 1. The molecule has 0 spiro atoms. The lowest BCUT2D eigenvalue weighted by atomic mass is 10.2. The van der Waals surface area contributed by atoms with Gasteiger partial charge < -0.3 is 5.32 Å². The first kappa shape index (κ1) is 18.0. The van der Waals surface area contributed by atoms with E-state index in [1.165, 1.54) is 26.2 Å². The quantitative estimate of drug-likeness (QED) is 0.895. The summed E-state index contributed by atoms with van der Waals surface area (Å²) in [6, 6.07) is 8.65. The van der Waals surface area contributed by atoms with Crippen molar-refractivity contribution < 1.29 is 22.0 Å². The van der Waals surface area contributed by atoms with Crippen LogP contribution >= 0.6 is 0 Å². The Morgan fingerprint density at radius 1 is 1.08 bits per heavy atom. The number of hydrogen-bond acceptors (Lipinski definition) is 3. The van der Waals surface area contributed by atoms with Crippen molar-refractivity contribution in [1.82, 2.24) is 9.62 Å². The van der Waals surface area contributed by atoms with Crippen LogP contribution in [0.15, 0.2) is 47.4 Å². The first-order valence-electron chi connectivity index (χ1n) is 6.96. The Balaban J connectivity index is 2.06. The highest BCUT2D eigenvalue weighted by Gasteiger charge is 2.17. The molecule has 128 valence electrons. The van der Waals surface area contributed by atoms with Gasteiger partial charge in [0.1, 0.15) is 11.6 Å². The average Bonchev–Trinajstić information content (AvgIpc) is 2.53. The van der Waals surface area contributed by atoms with E-state index >= 15 is 0 Å². The number of rotatable bonds is 5. The minimum Gasteiger partial charge on any atom is -0.348 e. The Bertz CT molecular complexity index is 850. The van der Waals surface area contributed by atoms with Crippen molar-refractivity contribution in [3.63, 3.8) is 0 Å². The molecule has 5 nitrogen and oxygen atoms in total. The lowest BCUT2D eigenvalue weighted by Gasteiger charge is -2.12. The highest BCUT2D eigenvalue weighted by molar-refractivity contribution is 7.89. The lowest BCUT2D eigenvalue weighted by molar-refractivity contribution is 0.0946. The number of hydrogen-bond donors (Lipinski definition) is 1. The van der Waals surface area contributed by atoms with E-state index in [2.05, 4.69) is 5.32 Å². The molecule has 0 unspecified atom stereocenters. The molecule has 0 saturated heterocycles. The molecule has 2 aromatic rings.